The van der Waals surface area contributed by atoms with Crippen molar-refractivity contribution in [3.63, 3.8) is 0 Å². The molecule has 2 N–H and O–H groups in total. The molecule has 0 spiro atoms. The highest BCUT2D eigenvalue weighted by atomic mass is 32.1. The molecule has 1 fully saturated rings. The summed E-state index contributed by atoms with van der Waals surface area (Å²) in [5, 5.41) is 8.19. The van der Waals surface area contributed by atoms with Gasteiger partial charge in [0.1, 0.15) is 5.82 Å². The van der Waals surface area contributed by atoms with Gasteiger partial charge in [0.05, 0.1) is 11.4 Å². The maximum absolute atomic E-state index is 5.35. The van der Waals surface area contributed by atoms with Gasteiger partial charge >= 0.3 is 0 Å². The molecule has 1 saturated heterocycles. The van der Waals surface area contributed by atoms with E-state index < -0.39 is 0 Å². The van der Waals surface area contributed by atoms with E-state index in [4.69, 9.17) is 12.2 Å². The quantitative estimate of drug-likeness (QED) is 0.499. The first-order valence-electron chi connectivity index (χ1n) is 8.40. The summed E-state index contributed by atoms with van der Waals surface area (Å²) < 4.78 is 0. The zero-order valence-electron chi connectivity index (χ0n) is 14.2. The van der Waals surface area contributed by atoms with E-state index in [1.165, 1.54) is 0 Å². The van der Waals surface area contributed by atoms with Gasteiger partial charge in [0.25, 0.3) is 0 Å². The van der Waals surface area contributed by atoms with Crippen molar-refractivity contribution in [2.75, 3.05) is 18.0 Å². The molecule has 2 aromatic rings. The zero-order valence-corrected chi connectivity index (χ0v) is 15.0. The third kappa shape index (κ3) is 4.96. The number of hydrazone groups is 1. The lowest BCUT2D eigenvalue weighted by atomic mass is 10.1. The molecule has 25 heavy (non-hydrogen) atoms. The molecule has 0 unspecified atom stereocenters. The average molecular weight is 354 g/mol. The highest BCUT2D eigenvalue weighted by Gasteiger charge is 2.20. The van der Waals surface area contributed by atoms with Crippen molar-refractivity contribution < 1.29 is 0 Å². The van der Waals surface area contributed by atoms with Gasteiger partial charge in [-0.2, -0.15) is 5.10 Å². The van der Waals surface area contributed by atoms with Crippen LogP contribution >= 0.6 is 12.2 Å². The normalized spacial score (nSPS) is 15.7. The fourth-order valence-electron chi connectivity index (χ4n) is 2.78. The standard InChI is InChI=1S/C18H22N6S/c1-14(16-6-2-4-10-19-16)22-23-18(25)21-15-8-12-24(13-9-15)17-7-3-5-11-20-17/h2-7,10-11,15H,8-9,12-13H2,1H3,(H2,21,23,25)/b22-14+. The van der Waals surface area contributed by atoms with Crippen molar-refractivity contribution in [3.8, 4) is 0 Å². The van der Waals surface area contributed by atoms with E-state index in [1.54, 1.807) is 6.20 Å². The van der Waals surface area contributed by atoms with Crippen LogP contribution in [0.1, 0.15) is 25.5 Å². The molecule has 0 saturated carbocycles. The second-order valence-electron chi connectivity index (χ2n) is 5.95. The molecule has 0 atom stereocenters. The molecule has 3 heterocycles. The van der Waals surface area contributed by atoms with E-state index in [9.17, 15) is 0 Å². The Labute approximate surface area is 153 Å². The predicted octanol–water partition coefficient (Wildman–Crippen LogP) is 2.33. The molecule has 0 bridgehead atoms. The molecule has 0 aliphatic carbocycles. The van der Waals surface area contributed by atoms with Gasteiger partial charge in [0.2, 0.25) is 0 Å². The fourth-order valence-corrected chi connectivity index (χ4v) is 2.99. The van der Waals surface area contributed by atoms with Crippen LogP contribution in [0.5, 0.6) is 0 Å². The summed E-state index contributed by atoms with van der Waals surface area (Å²) in [6, 6.07) is 12.1. The number of rotatable bonds is 4. The number of anilines is 1. The number of pyridine rings is 2. The minimum absolute atomic E-state index is 0.352. The first-order chi connectivity index (χ1) is 12.2. The minimum Gasteiger partial charge on any atom is -0.358 e. The summed E-state index contributed by atoms with van der Waals surface area (Å²) in [4.78, 5) is 11.0. The Morgan fingerprint density at radius 1 is 1.12 bits per heavy atom. The summed E-state index contributed by atoms with van der Waals surface area (Å²) >= 11 is 5.35. The first-order valence-corrected chi connectivity index (χ1v) is 8.81. The van der Waals surface area contributed by atoms with Crippen LogP contribution in [-0.2, 0) is 0 Å². The summed E-state index contributed by atoms with van der Waals surface area (Å²) in [7, 11) is 0. The molecule has 0 aromatic carbocycles. The molecule has 6 nitrogen and oxygen atoms in total. The maximum atomic E-state index is 5.35. The van der Waals surface area contributed by atoms with E-state index in [0.717, 1.165) is 43.2 Å². The fraction of sp³-hybridized carbons (Fsp3) is 0.333. The van der Waals surface area contributed by atoms with Gasteiger partial charge < -0.3 is 10.2 Å². The number of aromatic nitrogens is 2. The van der Waals surface area contributed by atoms with Gasteiger partial charge in [-0.05, 0) is 56.2 Å². The third-order valence-corrected chi connectivity index (χ3v) is 4.37. The predicted molar refractivity (Wildman–Crippen MR) is 105 cm³/mol. The second-order valence-corrected chi connectivity index (χ2v) is 6.35. The van der Waals surface area contributed by atoms with Crippen LogP contribution in [0.15, 0.2) is 53.9 Å². The Morgan fingerprint density at radius 3 is 2.48 bits per heavy atom. The van der Waals surface area contributed by atoms with Gasteiger partial charge in [-0.25, -0.2) is 4.98 Å². The lowest BCUT2D eigenvalue weighted by molar-refractivity contribution is 0.462. The number of hydrogen-bond acceptors (Lipinski definition) is 5. The molecule has 1 aliphatic heterocycles. The third-order valence-electron chi connectivity index (χ3n) is 4.16. The SMILES string of the molecule is C/C(=N\NC(=S)NC1CCN(c2ccccn2)CC1)c1ccccn1. The summed E-state index contributed by atoms with van der Waals surface area (Å²) in [6.45, 7) is 3.84. The van der Waals surface area contributed by atoms with Crippen molar-refractivity contribution in [3.05, 3.63) is 54.5 Å². The largest absolute Gasteiger partial charge is 0.358 e. The molecule has 0 amide bonds. The van der Waals surface area contributed by atoms with Crippen molar-refractivity contribution in [2.45, 2.75) is 25.8 Å². The minimum atomic E-state index is 0.352. The van der Waals surface area contributed by atoms with Crippen LogP contribution in [0, 0.1) is 0 Å². The highest BCUT2D eigenvalue weighted by molar-refractivity contribution is 7.80. The van der Waals surface area contributed by atoms with Crippen molar-refractivity contribution in [1.29, 1.82) is 0 Å². The van der Waals surface area contributed by atoms with Crippen molar-refractivity contribution in [1.82, 2.24) is 20.7 Å². The smallest absolute Gasteiger partial charge is 0.187 e. The van der Waals surface area contributed by atoms with E-state index in [-0.39, 0.29) is 0 Å². The Balaban J connectivity index is 1.45. The van der Waals surface area contributed by atoms with Gasteiger partial charge in [-0.1, -0.05) is 12.1 Å². The van der Waals surface area contributed by atoms with Crippen LogP contribution in [0.25, 0.3) is 0 Å². The summed E-state index contributed by atoms with van der Waals surface area (Å²) in [5.74, 6) is 1.04. The van der Waals surface area contributed by atoms with E-state index in [0.29, 0.717) is 11.2 Å². The number of hydrogen-bond donors (Lipinski definition) is 2. The molecule has 1 aliphatic rings. The van der Waals surface area contributed by atoms with Gasteiger partial charge in [0.15, 0.2) is 5.11 Å². The highest BCUT2D eigenvalue weighted by Crippen LogP contribution is 2.17. The Bertz CT molecular complexity index is 711. The van der Waals surface area contributed by atoms with E-state index >= 15 is 0 Å². The summed E-state index contributed by atoms with van der Waals surface area (Å²) in [6.07, 6.45) is 5.61. The Kier molecular flexibility index (Phi) is 5.90. The van der Waals surface area contributed by atoms with Gasteiger partial charge in [-0.3, -0.25) is 10.4 Å². The van der Waals surface area contributed by atoms with Crippen molar-refractivity contribution in [2.24, 2.45) is 5.10 Å². The number of nitrogens with one attached hydrogen (secondary N) is 2. The molecule has 3 rings (SSSR count). The molecule has 7 heteroatoms. The molecule has 130 valence electrons. The van der Waals surface area contributed by atoms with Crippen LogP contribution in [0.2, 0.25) is 0 Å². The zero-order chi connectivity index (χ0) is 17.5. The van der Waals surface area contributed by atoms with E-state index in [1.807, 2.05) is 43.5 Å². The first kappa shape index (κ1) is 17.3. The second kappa shape index (κ2) is 8.53. The van der Waals surface area contributed by atoms with Crippen LogP contribution in [0.4, 0.5) is 5.82 Å². The lowest BCUT2D eigenvalue weighted by Gasteiger charge is -2.33. The topological polar surface area (TPSA) is 65.4 Å². The molecular formula is C18H22N6S. The number of piperidine rings is 1. The Morgan fingerprint density at radius 2 is 1.84 bits per heavy atom. The maximum Gasteiger partial charge on any atom is 0.187 e. The Hall–Kier alpha value is -2.54. The molecule has 0 radical (unpaired) electrons. The van der Waals surface area contributed by atoms with Crippen LogP contribution in [-0.4, -0.2) is 39.9 Å². The number of thiocarbonyl (C=S) groups is 1. The molecular weight excluding hydrogens is 332 g/mol. The summed E-state index contributed by atoms with van der Waals surface area (Å²) in [5.41, 5.74) is 4.55. The van der Waals surface area contributed by atoms with E-state index in [2.05, 4.69) is 36.8 Å². The average Bonchev–Trinajstić information content (AvgIpc) is 2.68. The van der Waals surface area contributed by atoms with Gasteiger partial charge in [-0.15, -0.1) is 0 Å². The van der Waals surface area contributed by atoms with Gasteiger partial charge in [0, 0.05) is 31.5 Å². The molecule has 2 aromatic heterocycles. The number of nitrogens with zero attached hydrogens (tertiary/aromatic N) is 4. The monoisotopic (exact) mass is 354 g/mol. The lowest BCUT2D eigenvalue weighted by Crippen LogP contribution is -2.47. The van der Waals surface area contributed by atoms with Crippen molar-refractivity contribution >= 4 is 28.9 Å². The van der Waals surface area contributed by atoms with Crippen LogP contribution < -0.4 is 15.6 Å². The van der Waals surface area contributed by atoms with Crippen LogP contribution in [0.3, 0.4) is 0 Å².